The van der Waals surface area contributed by atoms with Crippen molar-refractivity contribution in [3.8, 4) is 5.75 Å². The van der Waals surface area contributed by atoms with Crippen molar-refractivity contribution in [1.29, 1.82) is 0 Å². The third-order valence-corrected chi connectivity index (χ3v) is 5.82. The Balaban J connectivity index is 0.000000317. The molecule has 3 aromatic rings. The van der Waals surface area contributed by atoms with Gasteiger partial charge in [0.2, 0.25) is 0 Å². The molecule has 186 valence electrons. The lowest BCUT2D eigenvalue weighted by Crippen LogP contribution is -2.11. The highest BCUT2D eigenvalue weighted by Crippen LogP contribution is 2.31. The number of ether oxygens (including phenoxy) is 1. The standard InChI is InChI=1S/C14H15NO.C13H21NO2.C2H6/c1-10-9-12(7-8-13(10)15)14(16)11-5-3-2-4-6-11;1-4-9(5-2)13(15)10-6-7-11(14)12(8-10)16-3;1-2/h2-9,14,16H,15H2,1H3;6-9,13,15H,4-5,14H2,1-3H3;1-2H3. The molecule has 2 atom stereocenters. The summed E-state index contributed by atoms with van der Waals surface area (Å²) < 4.78 is 5.15. The van der Waals surface area contributed by atoms with Crippen LogP contribution in [0.1, 0.15) is 75.0 Å². The van der Waals surface area contributed by atoms with Gasteiger partial charge in [0.1, 0.15) is 11.9 Å². The molecular formula is C29H42N2O3. The molecule has 0 heterocycles. The lowest BCUT2D eigenvalue weighted by Gasteiger charge is -2.21. The lowest BCUT2D eigenvalue weighted by molar-refractivity contribution is 0.103. The molecule has 0 spiro atoms. The van der Waals surface area contributed by atoms with Crippen LogP contribution in [0.2, 0.25) is 0 Å². The largest absolute Gasteiger partial charge is 0.495 e. The predicted molar refractivity (Wildman–Crippen MR) is 144 cm³/mol. The monoisotopic (exact) mass is 466 g/mol. The fourth-order valence-corrected chi connectivity index (χ4v) is 3.62. The van der Waals surface area contributed by atoms with Crippen LogP contribution in [0, 0.1) is 12.8 Å². The molecule has 0 aliphatic rings. The quantitative estimate of drug-likeness (QED) is 0.300. The number of hydrogen-bond acceptors (Lipinski definition) is 5. The van der Waals surface area contributed by atoms with E-state index in [1.165, 1.54) is 0 Å². The highest BCUT2D eigenvalue weighted by molar-refractivity contribution is 5.54. The van der Waals surface area contributed by atoms with Crippen molar-refractivity contribution in [1.82, 2.24) is 0 Å². The minimum atomic E-state index is -0.583. The number of rotatable bonds is 7. The van der Waals surface area contributed by atoms with E-state index < -0.39 is 12.2 Å². The molecule has 3 aromatic carbocycles. The molecule has 0 saturated carbocycles. The van der Waals surface area contributed by atoms with Crippen molar-refractivity contribution in [3.05, 3.63) is 89.0 Å². The Morgan fingerprint density at radius 3 is 1.85 bits per heavy atom. The third-order valence-electron chi connectivity index (χ3n) is 5.82. The zero-order valence-electron chi connectivity index (χ0n) is 21.5. The highest BCUT2D eigenvalue weighted by Gasteiger charge is 2.18. The van der Waals surface area contributed by atoms with Crippen LogP contribution in [-0.4, -0.2) is 17.3 Å². The van der Waals surface area contributed by atoms with Gasteiger partial charge in [0, 0.05) is 5.69 Å². The first kappa shape index (κ1) is 29.0. The first-order valence-electron chi connectivity index (χ1n) is 12.0. The van der Waals surface area contributed by atoms with Crippen molar-refractivity contribution in [2.24, 2.45) is 5.92 Å². The van der Waals surface area contributed by atoms with Gasteiger partial charge in [-0.2, -0.15) is 0 Å². The fraction of sp³-hybridized carbons (Fsp3) is 0.379. The van der Waals surface area contributed by atoms with Gasteiger partial charge in [0.25, 0.3) is 0 Å². The van der Waals surface area contributed by atoms with E-state index in [-0.39, 0.29) is 5.92 Å². The summed E-state index contributed by atoms with van der Waals surface area (Å²) in [6.45, 7) is 10.1. The molecule has 3 rings (SSSR count). The first-order chi connectivity index (χ1) is 16.3. The molecule has 0 aromatic heterocycles. The molecule has 6 N–H and O–H groups in total. The van der Waals surface area contributed by atoms with E-state index in [4.69, 9.17) is 16.2 Å². The molecule has 0 amide bonds. The zero-order chi connectivity index (χ0) is 25.7. The third kappa shape index (κ3) is 8.08. The van der Waals surface area contributed by atoms with Gasteiger partial charge in [-0.15, -0.1) is 0 Å². The van der Waals surface area contributed by atoms with Crippen LogP contribution >= 0.6 is 0 Å². The number of methoxy groups -OCH3 is 1. The average Bonchev–Trinajstić information content (AvgIpc) is 2.88. The molecule has 0 aliphatic carbocycles. The number of aliphatic hydroxyl groups is 2. The van der Waals surface area contributed by atoms with Crippen molar-refractivity contribution in [2.45, 2.75) is 59.7 Å². The van der Waals surface area contributed by atoms with Crippen LogP contribution in [0.15, 0.2) is 66.7 Å². The van der Waals surface area contributed by atoms with Gasteiger partial charge in [-0.05, 0) is 53.3 Å². The van der Waals surface area contributed by atoms with Crippen LogP contribution in [0.5, 0.6) is 5.75 Å². The summed E-state index contributed by atoms with van der Waals surface area (Å²) in [6.07, 6.45) is 0.902. The van der Waals surface area contributed by atoms with E-state index in [1.807, 2.05) is 81.4 Å². The van der Waals surface area contributed by atoms with Crippen molar-refractivity contribution in [3.63, 3.8) is 0 Å². The molecule has 2 unspecified atom stereocenters. The summed E-state index contributed by atoms with van der Waals surface area (Å²) in [7, 11) is 1.58. The number of aryl methyl sites for hydroxylation is 1. The van der Waals surface area contributed by atoms with E-state index in [0.29, 0.717) is 11.4 Å². The Morgan fingerprint density at radius 1 is 0.765 bits per heavy atom. The molecule has 5 nitrogen and oxygen atoms in total. The van der Waals surface area contributed by atoms with Crippen LogP contribution in [-0.2, 0) is 0 Å². The Morgan fingerprint density at radius 2 is 1.32 bits per heavy atom. The molecule has 5 heteroatoms. The van der Waals surface area contributed by atoms with Crippen LogP contribution in [0.4, 0.5) is 11.4 Å². The summed E-state index contributed by atoms with van der Waals surface area (Å²) in [4.78, 5) is 0. The van der Waals surface area contributed by atoms with Crippen LogP contribution in [0.25, 0.3) is 0 Å². The molecule has 0 aliphatic heterocycles. The second kappa shape index (κ2) is 15.0. The molecule has 0 radical (unpaired) electrons. The van der Waals surface area contributed by atoms with Crippen LogP contribution in [0.3, 0.4) is 0 Å². The summed E-state index contributed by atoms with van der Waals surface area (Å²) in [6, 6.07) is 20.7. The first-order valence-corrected chi connectivity index (χ1v) is 12.0. The number of nitrogen functional groups attached to an aromatic ring is 2. The Bertz CT molecular complexity index is 972. The SMILES string of the molecule is CC.CCC(CC)C(O)c1ccc(N)c(OC)c1.Cc1cc(C(O)c2ccccc2)ccc1N. The maximum atomic E-state index is 10.2. The van der Waals surface area contributed by atoms with Gasteiger partial charge >= 0.3 is 0 Å². The Labute approximate surface area is 205 Å². The summed E-state index contributed by atoms with van der Waals surface area (Å²) in [5.41, 5.74) is 16.5. The second-order valence-corrected chi connectivity index (χ2v) is 7.95. The molecular weight excluding hydrogens is 424 g/mol. The summed E-state index contributed by atoms with van der Waals surface area (Å²) in [5, 5.41) is 20.4. The smallest absolute Gasteiger partial charge is 0.142 e. The van der Waals surface area contributed by atoms with Crippen LogP contribution < -0.4 is 16.2 Å². The van der Waals surface area contributed by atoms with E-state index in [0.717, 1.165) is 40.8 Å². The maximum absolute atomic E-state index is 10.2. The van der Waals surface area contributed by atoms with E-state index >= 15 is 0 Å². The number of anilines is 2. The van der Waals surface area contributed by atoms with Gasteiger partial charge in [0.15, 0.2) is 0 Å². The van der Waals surface area contributed by atoms with Gasteiger partial charge < -0.3 is 26.4 Å². The van der Waals surface area contributed by atoms with E-state index in [1.54, 1.807) is 13.2 Å². The second-order valence-electron chi connectivity index (χ2n) is 7.95. The lowest BCUT2D eigenvalue weighted by atomic mass is 9.91. The number of benzene rings is 3. The fourth-order valence-electron chi connectivity index (χ4n) is 3.62. The predicted octanol–water partition coefficient (Wildman–Crippen LogP) is 6.43. The maximum Gasteiger partial charge on any atom is 0.142 e. The highest BCUT2D eigenvalue weighted by atomic mass is 16.5. The van der Waals surface area contributed by atoms with Crippen molar-refractivity contribution < 1.29 is 14.9 Å². The van der Waals surface area contributed by atoms with E-state index in [2.05, 4.69) is 13.8 Å². The molecule has 34 heavy (non-hydrogen) atoms. The molecule has 0 saturated heterocycles. The Kier molecular flexibility index (Phi) is 12.8. The topological polar surface area (TPSA) is 102 Å². The number of aliphatic hydroxyl groups excluding tert-OH is 2. The summed E-state index contributed by atoms with van der Waals surface area (Å²) in [5.74, 6) is 0.913. The van der Waals surface area contributed by atoms with Gasteiger partial charge in [0.05, 0.1) is 18.9 Å². The van der Waals surface area contributed by atoms with E-state index in [9.17, 15) is 10.2 Å². The van der Waals surface area contributed by atoms with Gasteiger partial charge in [-0.25, -0.2) is 0 Å². The Hall–Kier alpha value is -3.02. The van der Waals surface area contributed by atoms with Crippen molar-refractivity contribution in [2.75, 3.05) is 18.6 Å². The molecule has 0 fully saturated rings. The molecule has 0 bridgehead atoms. The van der Waals surface area contributed by atoms with Crippen molar-refractivity contribution >= 4 is 11.4 Å². The number of nitrogens with two attached hydrogens (primary N) is 2. The minimum absolute atomic E-state index is 0.285. The van der Waals surface area contributed by atoms with Gasteiger partial charge in [-0.3, -0.25) is 0 Å². The normalized spacial score (nSPS) is 12.0. The number of hydrogen-bond donors (Lipinski definition) is 4. The minimum Gasteiger partial charge on any atom is -0.495 e. The summed E-state index contributed by atoms with van der Waals surface area (Å²) >= 11 is 0. The van der Waals surface area contributed by atoms with Gasteiger partial charge in [-0.1, -0.05) is 89.1 Å². The zero-order valence-corrected chi connectivity index (χ0v) is 21.5. The average molecular weight is 467 g/mol.